The monoisotopic (exact) mass is 581 g/mol. The van der Waals surface area contributed by atoms with Crippen molar-refractivity contribution in [1.82, 2.24) is 9.80 Å². The van der Waals surface area contributed by atoms with Gasteiger partial charge in [-0.1, -0.05) is 72.8 Å². The van der Waals surface area contributed by atoms with Gasteiger partial charge in [-0.05, 0) is 81.6 Å². The van der Waals surface area contributed by atoms with Gasteiger partial charge in [-0.3, -0.25) is 14.6 Å². The van der Waals surface area contributed by atoms with Gasteiger partial charge in [0.1, 0.15) is 11.7 Å². The minimum Gasteiger partial charge on any atom is -0.468 e. The lowest BCUT2D eigenvalue weighted by molar-refractivity contribution is -0.143. The van der Waals surface area contributed by atoms with Crippen molar-refractivity contribution in [2.75, 3.05) is 33.3 Å². The highest BCUT2D eigenvalue weighted by Gasteiger charge is 2.41. The number of nitrogens with zero attached hydrogens (tertiary/aromatic N) is 3. The molecule has 224 valence electrons. The van der Waals surface area contributed by atoms with Crippen molar-refractivity contribution < 1.29 is 18.7 Å². The molecule has 2 aliphatic rings. The Hall–Kier alpha value is -4.10. The van der Waals surface area contributed by atoms with Crippen LogP contribution in [0.4, 0.5) is 4.39 Å². The molecule has 6 nitrogen and oxygen atoms in total. The molecule has 43 heavy (non-hydrogen) atoms. The smallest absolute Gasteiger partial charge is 0.315 e. The van der Waals surface area contributed by atoms with Gasteiger partial charge in [-0.25, -0.2) is 4.39 Å². The summed E-state index contributed by atoms with van der Waals surface area (Å²) in [6.07, 6.45) is 3.63. The Balaban J connectivity index is 1.31. The van der Waals surface area contributed by atoms with Gasteiger partial charge in [0.05, 0.1) is 18.5 Å². The Kier molecular flexibility index (Phi) is 9.51. The second-order valence-corrected chi connectivity index (χ2v) is 11.6. The first-order valence-electron chi connectivity index (χ1n) is 15.0. The Morgan fingerprint density at radius 2 is 1.56 bits per heavy atom. The molecule has 0 aliphatic carbocycles. The second-order valence-electron chi connectivity index (χ2n) is 11.6. The van der Waals surface area contributed by atoms with Gasteiger partial charge >= 0.3 is 5.97 Å². The summed E-state index contributed by atoms with van der Waals surface area (Å²) in [5.74, 6) is -2.01. The Bertz CT molecular complexity index is 1420. The van der Waals surface area contributed by atoms with Crippen molar-refractivity contribution in [3.8, 4) is 0 Å². The highest BCUT2D eigenvalue weighted by Crippen LogP contribution is 2.43. The molecule has 1 saturated heterocycles. The maximum atomic E-state index is 13.8. The summed E-state index contributed by atoms with van der Waals surface area (Å²) in [5.41, 5.74) is 5.38. The minimum absolute atomic E-state index is 0.0149. The number of methoxy groups -OCH3 is 1. The summed E-state index contributed by atoms with van der Waals surface area (Å²) in [6.45, 7) is 6.90. The molecule has 0 radical (unpaired) electrons. The highest BCUT2D eigenvalue weighted by molar-refractivity contribution is 6.03. The average molecular weight is 582 g/mol. The summed E-state index contributed by atoms with van der Waals surface area (Å²) in [6, 6.07) is 27.7. The molecule has 0 saturated carbocycles. The molecule has 2 atom stereocenters. The summed E-state index contributed by atoms with van der Waals surface area (Å²) in [5, 5.41) is 0. The molecule has 2 unspecified atom stereocenters. The van der Waals surface area contributed by atoms with Crippen LogP contribution in [0.1, 0.15) is 55.7 Å². The fourth-order valence-corrected chi connectivity index (χ4v) is 6.97. The van der Waals surface area contributed by atoms with Crippen LogP contribution in [0, 0.1) is 11.7 Å². The third-order valence-corrected chi connectivity index (χ3v) is 9.15. The Labute approximate surface area is 253 Å². The van der Waals surface area contributed by atoms with E-state index in [1.807, 2.05) is 6.92 Å². The molecular formula is C36H40FN3O3. The van der Waals surface area contributed by atoms with Crippen LogP contribution in [0.25, 0.3) is 0 Å². The number of amides is 1. The van der Waals surface area contributed by atoms with Crippen LogP contribution in [0.15, 0.2) is 101 Å². The van der Waals surface area contributed by atoms with Gasteiger partial charge in [-0.15, -0.1) is 0 Å². The molecule has 0 N–H and O–H groups in total. The van der Waals surface area contributed by atoms with Crippen molar-refractivity contribution in [1.29, 1.82) is 0 Å². The lowest BCUT2D eigenvalue weighted by atomic mass is 9.68. The lowest BCUT2D eigenvalue weighted by Gasteiger charge is -2.43. The summed E-state index contributed by atoms with van der Waals surface area (Å²) < 4.78 is 19.0. The summed E-state index contributed by atoms with van der Waals surface area (Å²) in [4.78, 5) is 34.3. The van der Waals surface area contributed by atoms with Crippen molar-refractivity contribution in [3.05, 3.63) is 119 Å². The Morgan fingerprint density at radius 3 is 2.09 bits per heavy atom. The third kappa shape index (κ3) is 6.32. The van der Waals surface area contributed by atoms with Crippen molar-refractivity contribution in [3.63, 3.8) is 0 Å². The van der Waals surface area contributed by atoms with E-state index in [1.165, 1.54) is 30.4 Å². The van der Waals surface area contributed by atoms with E-state index >= 15 is 0 Å². The first-order valence-corrected chi connectivity index (χ1v) is 15.0. The van der Waals surface area contributed by atoms with E-state index in [0.29, 0.717) is 23.7 Å². The molecule has 1 amide bonds. The molecule has 0 bridgehead atoms. The average Bonchev–Trinajstić information content (AvgIpc) is 3.04. The van der Waals surface area contributed by atoms with E-state index in [9.17, 15) is 14.0 Å². The molecular weight excluding hydrogens is 541 g/mol. The number of allylic oxidation sites excluding steroid dienone is 2. The number of rotatable bonds is 10. The molecule has 3 aromatic rings. The van der Waals surface area contributed by atoms with Gasteiger partial charge in [-0.2, -0.15) is 0 Å². The SMILES string of the molecule is COC(=O)C1C(C)=NC(C)=C(N(C=O)CCCN2CCC(c3ccccc3)(c3ccccc3)CC2)C1c1ccc(F)cc1. The van der Waals surface area contributed by atoms with Crippen molar-refractivity contribution >= 4 is 18.1 Å². The first kappa shape index (κ1) is 30.4. The predicted molar refractivity (Wildman–Crippen MR) is 167 cm³/mol. The molecule has 0 spiro atoms. The number of hydrogen-bond donors (Lipinski definition) is 0. The van der Waals surface area contributed by atoms with Crippen LogP contribution in [0.2, 0.25) is 0 Å². The molecule has 5 rings (SSSR count). The van der Waals surface area contributed by atoms with Crippen LogP contribution in [0.3, 0.4) is 0 Å². The van der Waals surface area contributed by atoms with Crippen LogP contribution in [-0.4, -0.2) is 61.2 Å². The second kappa shape index (κ2) is 13.5. The minimum atomic E-state index is -0.706. The molecule has 2 aliphatic heterocycles. The van der Waals surface area contributed by atoms with E-state index in [1.54, 1.807) is 24.0 Å². The van der Waals surface area contributed by atoms with E-state index in [-0.39, 0.29) is 11.2 Å². The quantitative estimate of drug-likeness (QED) is 0.207. The van der Waals surface area contributed by atoms with Crippen LogP contribution >= 0.6 is 0 Å². The number of halogens is 1. The largest absolute Gasteiger partial charge is 0.468 e. The number of ether oxygens (including phenoxy) is 1. The number of esters is 1. The van der Waals surface area contributed by atoms with E-state index in [4.69, 9.17) is 4.74 Å². The van der Waals surface area contributed by atoms with E-state index in [0.717, 1.165) is 50.9 Å². The zero-order chi connectivity index (χ0) is 30.4. The standard InChI is InChI=1S/C36H40FN3O3/c1-26-32(35(42)43-3)33(28-15-17-31(37)18-16-28)34(27(2)38-26)40(25-41)22-10-21-39-23-19-36(20-24-39,29-11-6-4-7-12-29)30-13-8-5-9-14-30/h4-9,11-18,25,32-33H,10,19-24H2,1-3H3. The fourth-order valence-electron chi connectivity index (χ4n) is 6.97. The molecule has 7 heteroatoms. The van der Waals surface area contributed by atoms with Crippen LogP contribution < -0.4 is 0 Å². The van der Waals surface area contributed by atoms with Gasteiger partial charge in [0.15, 0.2) is 0 Å². The molecule has 0 aromatic heterocycles. The Morgan fingerprint density at radius 1 is 0.977 bits per heavy atom. The van der Waals surface area contributed by atoms with Gasteiger partial charge < -0.3 is 14.5 Å². The van der Waals surface area contributed by atoms with Gasteiger partial charge in [0.25, 0.3) is 0 Å². The fraction of sp³-hybridized carbons (Fsp3) is 0.361. The number of piperidine rings is 1. The summed E-state index contributed by atoms with van der Waals surface area (Å²) in [7, 11) is 1.35. The predicted octanol–water partition coefficient (Wildman–Crippen LogP) is 6.34. The number of aliphatic imine (C=N–C) groups is 1. The highest BCUT2D eigenvalue weighted by atomic mass is 19.1. The number of hydrogen-bond acceptors (Lipinski definition) is 5. The molecule has 1 fully saturated rings. The van der Waals surface area contributed by atoms with Gasteiger partial charge in [0, 0.05) is 23.6 Å². The number of likely N-dealkylation sites (tertiary alicyclic amines) is 1. The van der Waals surface area contributed by atoms with Crippen molar-refractivity contribution in [2.45, 2.75) is 44.4 Å². The van der Waals surface area contributed by atoms with Crippen LogP contribution in [0.5, 0.6) is 0 Å². The number of carbonyl (C=O) groups is 2. The van der Waals surface area contributed by atoms with Crippen molar-refractivity contribution in [2.24, 2.45) is 10.9 Å². The molecule has 2 heterocycles. The first-order chi connectivity index (χ1) is 20.9. The lowest BCUT2D eigenvalue weighted by Crippen LogP contribution is -2.44. The topological polar surface area (TPSA) is 62.2 Å². The molecule has 3 aromatic carbocycles. The van der Waals surface area contributed by atoms with Gasteiger partial charge in [0.2, 0.25) is 6.41 Å². The maximum absolute atomic E-state index is 13.8. The zero-order valence-corrected chi connectivity index (χ0v) is 25.2. The number of carbonyl (C=O) groups excluding carboxylic acids is 2. The van der Waals surface area contributed by atoms with Crippen LogP contribution in [-0.2, 0) is 19.7 Å². The van der Waals surface area contributed by atoms with E-state index in [2.05, 4.69) is 70.6 Å². The normalized spacial score (nSPS) is 20.3. The third-order valence-electron chi connectivity index (χ3n) is 9.15. The summed E-state index contributed by atoms with van der Waals surface area (Å²) >= 11 is 0. The van der Waals surface area contributed by atoms with E-state index < -0.39 is 17.8 Å². The zero-order valence-electron chi connectivity index (χ0n) is 25.2. The number of benzene rings is 3. The maximum Gasteiger partial charge on any atom is 0.315 e.